The van der Waals surface area contributed by atoms with Gasteiger partial charge in [-0.2, -0.15) is 0 Å². The van der Waals surface area contributed by atoms with Gasteiger partial charge in [0, 0.05) is 0 Å². The van der Waals surface area contributed by atoms with Crippen molar-refractivity contribution in [1.82, 2.24) is 0 Å². The molecule has 0 bridgehead atoms. The maximum Gasteiger partial charge on any atom is 0.203 e. The zero-order valence-corrected chi connectivity index (χ0v) is 19.3. The quantitative estimate of drug-likeness (QED) is 0.430. The van der Waals surface area contributed by atoms with Gasteiger partial charge in [0.2, 0.25) is 5.75 Å². The number of hydrogen-bond acceptors (Lipinski definition) is 6. The van der Waals surface area contributed by atoms with Crippen molar-refractivity contribution >= 4 is 22.0 Å². The van der Waals surface area contributed by atoms with Crippen LogP contribution in [0.3, 0.4) is 0 Å². The normalized spacial score (nSPS) is 11.4. The zero-order chi connectivity index (χ0) is 23.1. The van der Waals surface area contributed by atoms with Crippen molar-refractivity contribution in [2.24, 2.45) is 0 Å². The SMILES string of the molecule is COc1ccc(S(=O)(=O)Cc2ccccc2/C=C\c2cc(OC)c(OC)c(OC)c2)cc1. The second-order valence-corrected chi connectivity index (χ2v) is 8.92. The van der Waals surface area contributed by atoms with Gasteiger partial charge in [0.1, 0.15) is 5.75 Å². The summed E-state index contributed by atoms with van der Waals surface area (Å²) in [4.78, 5) is 0.252. The van der Waals surface area contributed by atoms with Crippen LogP contribution >= 0.6 is 0 Å². The molecule has 3 rings (SSSR count). The van der Waals surface area contributed by atoms with Crippen LogP contribution in [-0.4, -0.2) is 36.9 Å². The van der Waals surface area contributed by atoms with Crippen LogP contribution in [0.5, 0.6) is 23.0 Å². The molecule has 7 heteroatoms. The lowest BCUT2D eigenvalue weighted by molar-refractivity contribution is 0.324. The summed E-state index contributed by atoms with van der Waals surface area (Å²) < 4.78 is 47.2. The molecule has 0 unspecified atom stereocenters. The van der Waals surface area contributed by atoms with Crippen LogP contribution in [0.25, 0.3) is 12.2 Å². The van der Waals surface area contributed by atoms with E-state index in [1.54, 1.807) is 52.7 Å². The lowest BCUT2D eigenvalue weighted by Gasteiger charge is -2.13. The van der Waals surface area contributed by atoms with Gasteiger partial charge in [-0.25, -0.2) is 8.42 Å². The molecule has 0 aromatic heterocycles. The lowest BCUT2D eigenvalue weighted by Crippen LogP contribution is -2.06. The fraction of sp³-hybridized carbons (Fsp3) is 0.200. The predicted octanol–water partition coefficient (Wildman–Crippen LogP) is 4.87. The molecule has 0 fully saturated rings. The summed E-state index contributed by atoms with van der Waals surface area (Å²) in [6.07, 6.45) is 3.75. The van der Waals surface area contributed by atoms with Crippen molar-refractivity contribution in [2.75, 3.05) is 28.4 Å². The summed E-state index contributed by atoms with van der Waals surface area (Å²) >= 11 is 0. The summed E-state index contributed by atoms with van der Waals surface area (Å²) in [5.74, 6) is 2.09. The molecule has 6 nitrogen and oxygen atoms in total. The minimum absolute atomic E-state index is 0.116. The molecule has 168 valence electrons. The van der Waals surface area contributed by atoms with E-state index in [0.29, 0.717) is 28.6 Å². The number of sulfone groups is 1. The fourth-order valence-corrected chi connectivity index (χ4v) is 4.67. The summed E-state index contributed by atoms with van der Waals surface area (Å²) in [5.41, 5.74) is 2.33. The Bertz CT molecular complexity index is 1170. The second-order valence-electron chi connectivity index (χ2n) is 6.93. The third-order valence-corrected chi connectivity index (χ3v) is 6.64. The predicted molar refractivity (Wildman–Crippen MR) is 125 cm³/mol. The molecule has 0 aliphatic carbocycles. The Hall–Kier alpha value is -3.45. The summed E-state index contributed by atoms with van der Waals surface area (Å²) in [6.45, 7) is 0. The highest BCUT2D eigenvalue weighted by atomic mass is 32.2. The van der Waals surface area contributed by atoms with Crippen LogP contribution in [0.15, 0.2) is 65.6 Å². The fourth-order valence-electron chi connectivity index (χ4n) is 3.28. The summed E-state index contributed by atoms with van der Waals surface area (Å²) in [7, 11) is 2.69. The van der Waals surface area contributed by atoms with Gasteiger partial charge in [-0.15, -0.1) is 0 Å². The number of methoxy groups -OCH3 is 4. The molecule has 0 aliphatic heterocycles. The maximum absolute atomic E-state index is 13.0. The Morgan fingerprint density at radius 2 is 1.38 bits per heavy atom. The highest BCUT2D eigenvalue weighted by molar-refractivity contribution is 7.90. The van der Waals surface area contributed by atoms with Crippen LogP contribution in [-0.2, 0) is 15.6 Å². The van der Waals surface area contributed by atoms with Gasteiger partial charge in [-0.1, -0.05) is 36.4 Å². The van der Waals surface area contributed by atoms with Gasteiger partial charge in [-0.3, -0.25) is 0 Å². The molecule has 0 radical (unpaired) electrons. The van der Waals surface area contributed by atoms with Crippen molar-refractivity contribution in [1.29, 1.82) is 0 Å². The maximum atomic E-state index is 13.0. The van der Waals surface area contributed by atoms with E-state index in [2.05, 4.69) is 0 Å². The molecule has 32 heavy (non-hydrogen) atoms. The molecule has 0 heterocycles. The first kappa shape index (κ1) is 23.2. The van der Waals surface area contributed by atoms with E-state index in [1.165, 1.54) is 0 Å². The molecular weight excluding hydrogens is 428 g/mol. The summed E-state index contributed by atoms with van der Waals surface area (Å²) in [6, 6.07) is 17.5. The van der Waals surface area contributed by atoms with Crippen molar-refractivity contribution in [3.8, 4) is 23.0 Å². The smallest absolute Gasteiger partial charge is 0.203 e. The van der Waals surface area contributed by atoms with Gasteiger partial charge in [0.15, 0.2) is 21.3 Å². The topological polar surface area (TPSA) is 71.1 Å². The van der Waals surface area contributed by atoms with Crippen molar-refractivity contribution < 1.29 is 27.4 Å². The van der Waals surface area contributed by atoms with Crippen LogP contribution in [0.1, 0.15) is 16.7 Å². The average molecular weight is 455 g/mol. The molecule has 0 atom stereocenters. The number of benzene rings is 3. The lowest BCUT2D eigenvalue weighted by atomic mass is 10.1. The molecule has 0 N–H and O–H groups in total. The van der Waals surface area contributed by atoms with E-state index >= 15 is 0 Å². The van der Waals surface area contributed by atoms with E-state index in [0.717, 1.165) is 11.1 Å². The Morgan fingerprint density at radius 3 is 1.94 bits per heavy atom. The number of ether oxygens (including phenoxy) is 4. The minimum atomic E-state index is -3.52. The van der Waals surface area contributed by atoms with Crippen molar-refractivity contribution in [2.45, 2.75) is 10.6 Å². The zero-order valence-electron chi connectivity index (χ0n) is 18.5. The second kappa shape index (κ2) is 10.2. The molecule has 0 saturated heterocycles. The first-order chi connectivity index (χ1) is 15.4. The van der Waals surface area contributed by atoms with Gasteiger partial charge in [0.25, 0.3) is 0 Å². The monoisotopic (exact) mass is 454 g/mol. The molecule has 0 aliphatic rings. The minimum Gasteiger partial charge on any atom is -0.497 e. The van der Waals surface area contributed by atoms with Crippen LogP contribution in [0, 0.1) is 0 Å². The highest BCUT2D eigenvalue weighted by Crippen LogP contribution is 2.38. The highest BCUT2D eigenvalue weighted by Gasteiger charge is 2.17. The first-order valence-corrected chi connectivity index (χ1v) is 11.5. The van der Waals surface area contributed by atoms with Crippen LogP contribution in [0.2, 0.25) is 0 Å². The number of hydrogen-bond donors (Lipinski definition) is 0. The molecular formula is C25H26O6S. The molecule has 0 saturated carbocycles. The van der Waals surface area contributed by atoms with E-state index in [9.17, 15) is 8.42 Å². The Labute approximate surface area is 188 Å². The Balaban J connectivity index is 1.91. The average Bonchev–Trinajstić information content (AvgIpc) is 2.82. The standard InChI is InChI=1S/C25H26O6S/c1-28-21-11-13-22(14-12-21)32(26,27)17-20-8-6-5-7-19(20)10-9-18-15-23(29-2)25(31-4)24(16-18)30-3/h5-16H,17H2,1-4H3/b10-9-. The molecule has 3 aromatic carbocycles. The van der Waals surface area contributed by atoms with Crippen molar-refractivity contribution in [3.63, 3.8) is 0 Å². The van der Waals surface area contributed by atoms with E-state index < -0.39 is 9.84 Å². The number of rotatable bonds is 9. The molecule has 0 spiro atoms. The largest absolute Gasteiger partial charge is 0.497 e. The van der Waals surface area contributed by atoms with Gasteiger partial charge < -0.3 is 18.9 Å². The molecule has 3 aromatic rings. The van der Waals surface area contributed by atoms with Gasteiger partial charge in [0.05, 0.1) is 39.1 Å². The van der Waals surface area contributed by atoms with Crippen LogP contribution in [0.4, 0.5) is 0 Å². The summed E-state index contributed by atoms with van der Waals surface area (Å²) in [5, 5.41) is 0. The van der Waals surface area contributed by atoms with Gasteiger partial charge >= 0.3 is 0 Å². The third kappa shape index (κ3) is 5.23. The van der Waals surface area contributed by atoms with Crippen molar-refractivity contribution in [3.05, 3.63) is 77.4 Å². The Morgan fingerprint density at radius 1 is 0.750 bits per heavy atom. The van der Waals surface area contributed by atoms with Crippen LogP contribution < -0.4 is 18.9 Å². The van der Waals surface area contributed by atoms with E-state index in [-0.39, 0.29) is 10.6 Å². The van der Waals surface area contributed by atoms with Gasteiger partial charge in [-0.05, 0) is 53.1 Å². The third-order valence-electron chi connectivity index (χ3n) is 4.96. The first-order valence-electron chi connectivity index (χ1n) is 9.84. The van der Waals surface area contributed by atoms with E-state index in [1.807, 2.05) is 48.6 Å². The Kier molecular flexibility index (Phi) is 7.43. The molecule has 0 amide bonds. The van der Waals surface area contributed by atoms with E-state index in [4.69, 9.17) is 18.9 Å².